The van der Waals surface area contributed by atoms with Crippen LogP contribution in [0.15, 0.2) is 12.3 Å². The summed E-state index contributed by atoms with van der Waals surface area (Å²) in [7, 11) is 1.74. The zero-order chi connectivity index (χ0) is 14.0. The molecule has 1 aromatic heterocycles. The summed E-state index contributed by atoms with van der Waals surface area (Å²) in [5, 5.41) is 0. The molecule has 3 heteroatoms. The molecule has 2 rings (SSSR count). The van der Waals surface area contributed by atoms with Gasteiger partial charge in [0.1, 0.15) is 0 Å². The molecule has 0 fully saturated rings. The van der Waals surface area contributed by atoms with E-state index in [4.69, 9.17) is 9.47 Å². The monoisotopic (exact) mass is 263 g/mol. The fraction of sp³-hybridized carbons (Fsp3) is 0.688. The summed E-state index contributed by atoms with van der Waals surface area (Å²) >= 11 is 0. The Morgan fingerprint density at radius 1 is 1.53 bits per heavy atom. The van der Waals surface area contributed by atoms with Gasteiger partial charge in [0.15, 0.2) is 0 Å². The van der Waals surface area contributed by atoms with Crippen molar-refractivity contribution in [3.05, 3.63) is 29.1 Å². The van der Waals surface area contributed by atoms with Gasteiger partial charge in [-0.05, 0) is 30.9 Å². The van der Waals surface area contributed by atoms with Crippen LogP contribution in [0.5, 0.6) is 0 Å². The predicted molar refractivity (Wildman–Crippen MR) is 76.4 cm³/mol. The molecule has 0 amide bonds. The second kappa shape index (κ2) is 5.59. The first kappa shape index (κ1) is 14.5. The molecule has 0 aromatic carbocycles. The highest BCUT2D eigenvalue weighted by Gasteiger charge is 2.43. The van der Waals surface area contributed by atoms with Crippen LogP contribution in [0.2, 0.25) is 0 Å². The number of nitrogens with zero attached hydrogens (tertiary/aromatic N) is 1. The predicted octanol–water partition coefficient (Wildman–Crippen LogP) is 3.41. The Hall–Kier alpha value is -0.930. The van der Waals surface area contributed by atoms with Crippen LogP contribution >= 0.6 is 0 Å². The lowest BCUT2D eigenvalue weighted by Gasteiger charge is -2.44. The maximum Gasteiger partial charge on any atom is 0.0971 e. The summed E-state index contributed by atoms with van der Waals surface area (Å²) < 4.78 is 11.6. The van der Waals surface area contributed by atoms with Gasteiger partial charge >= 0.3 is 0 Å². The number of aryl methyl sites for hydroxylation is 1. The molecule has 2 atom stereocenters. The smallest absolute Gasteiger partial charge is 0.0971 e. The number of rotatable bonds is 4. The molecular weight excluding hydrogens is 238 g/mol. The van der Waals surface area contributed by atoms with Crippen molar-refractivity contribution in [2.24, 2.45) is 5.92 Å². The fourth-order valence-corrected chi connectivity index (χ4v) is 3.31. The van der Waals surface area contributed by atoms with Crippen LogP contribution in [0.3, 0.4) is 0 Å². The van der Waals surface area contributed by atoms with E-state index in [-0.39, 0.29) is 11.5 Å². The molecule has 0 aliphatic carbocycles. The van der Waals surface area contributed by atoms with E-state index >= 15 is 0 Å². The highest BCUT2D eigenvalue weighted by atomic mass is 16.5. The molecule has 0 N–H and O–H groups in total. The van der Waals surface area contributed by atoms with E-state index in [1.54, 1.807) is 7.11 Å². The molecular formula is C16H25NO2. The molecule has 3 nitrogen and oxygen atoms in total. The topological polar surface area (TPSA) is 31.4 Å². The third kappa shape index (κ3) is 2.30. The lowest BCUT2D eigenvalue weighted by molar-refractivity contribution is -0.111. The van der Waals surface area contributed by atoms with E-state index in [2.05, 4.69) is 38.7 Å². The zero-order valence-electron chi connectivity index (χ0n) is 12.7. The van der Waals surface area contributed by atoms with Crippen molar-refractivity contribution in [3.8, 4) is 0 Å². The second-order valence-electron chi connectivity index (χ2n) is 5.75. The Balaban J connectivity index is 2.57. The Morgan fingerprint density at radius 2 is 2.26 bits per heavy atom. The van der Waals surface area contributed by atoms with Crippen LogP contribution in [0, 0.1) is 12.8 Å². The number of pyridine rings is 1. The lowest BCUT2D eigenvalue weighted by atomic mass is 9.74. The van der Waals surface area contributed by atoms with Gasteiger partial charge in [-0.1, -0.05) is 20.8 Å². The first-order chi connectivity index (χ1) is 9.06. The average Bonchev–Trinajstić information content (AvgIpc) is 2.40. The minimum absolute atomic E-state index is 0.197. The SMILES string of the molecule is CCC1(C(C)C)OCC(COC)c2nccc(C)c21. The number of ether oxygens (including phenoxy) is 2. The Bertz CT molecular complexity index is 444. The number of hydrogen-bond acceptors (Lipinski definition) is 3. The van der Waals surface area contributed by atoms with E-state index in [0.717, 1.165) is 6.42 Å². The van der Waals surface area contributed by atoms with Gasteiger partial charge in [0.25, 0.3) is 0 Å². The van der Waals surface area contributed by atoms with Crippen molar-refractivity contribution in [2.45, 2.75) is 45.6 Å². The normalized spacial score (nSPS) is 26.5. The van der Waals surface area contributed by atoms with Crippen molar-refractivity contribution in [1.82, 2.24) is 4.98 Å². The van der Waals surface area contributed by atoms with Crippen molar-refractivity contribution >= 4 is 0 Å². The van der Waals surface area contributed by atoms with Crippen LogP contribution in [0.4, 0.5) is 0 Å². The lowest BCUT2D eigenvalue weighted by Crippen LogP contribution is -2.43. The van der Waals surface area contributed by atoms with E-state index in [9.17, 15) is 0 Å². The molecule has 1 aromatic rings. The quantitative estimate of drug-likeness (QED) is 0.834. The summed E-state index contributed by atoms with van der Waals surface area (Å²) in [6.45, 7) is 10.2. The van der Waals surface area contributed by atoms with Gasteiger partial charge in [-0.25, -0.2) is 0 Å². The average molecular weight is 263 g/mol. The number of aromatic nitrogens is 1. The molecule has 1 aliphatic rings. The summed E-state index contributed by atoms with van der Waals surface area (Å²) in [6, 6.07) is 2.09. The molecule has 19 heavy (non-hydrogen) atoms. The third-order valence-electron chi connectivity index (χ3n) is 4.37. The summed E-state index contributed by atoms with van der Waals surface area (Å²) in [4.78, 5) is 4.65. The van der Waals surface area contributed by atoms with Gasteiger partial charge in [0.05, 0.1) is 24.5 Å². The molecule has 0 spiro atoms. The van der Waals surface area contributed by atoms with E-state index in [1.165, 1.54) is 16.8 Å². The first-order valence-corrected chi connectivity index (χ1v) is 7.15. The molecule has 0 radical (unpaired) electrons. The summed E-state index contributed by atoms with van der Waals surface area (Å²) in [5.41, 5.74) is 3.54. The number of methoxy groups -OCH3 is 1. The van der Waals surface area contributed by atoms with Crippen LogP contribution in [0.1, 0.15) is 49.9 Å². The summed E-state index contributed by atoms with van der Waals surface area (Å²) in [5.74, 6) is 0.681. The standard InChI is InChI=1S/C16H25NO2/c1-6-16(11(2)3)14-12(4)7-8-17-15(14)13(9-18-5)10-19-16/h7-8,11,13H,6,9-10H2,1-5H3. The maximum atomic E-state index is 6.33. The van der Waals surface area contributed by atoms with Crippen LogP contribution in [0.25, 0.3) is 0 Å². The van der Waals surface area contributed by atoms with E-state index < -0.39 is 0 Å². The Labute approximate surface area is 116 Å². The fourth-order valence-electron chi connectivity index (χ4n) is 3.31. The van der Waals surface area contributed by atoms with Gasteiger partial charge in [0, 0.05) is 24.8 Å². The van der Waals surface area contributed by atoms with Crippen LogP contribution in [-0.2, 0) is 15.1 Å². The van der Waals surface area contributed by atoms with Crippen molar-refractivity contribution < 1.29 is 9.47 Å². The van der Waals surface area contributed by atoms with Crippen LogP contribution < -0.4 is 0 Å². The Morgan fingerprint density at radius 3 is 2.84 bits per heavy atom. The first-order valence-electron chi connectivity index (χ1n) is 7.15. The van der Waals surface area contributed by atoms with Gasteiger partial charge in [-0.15, -0.1) is 0 Å². The van der Waals surface area contributed by atoms with Crippen LogP contribution in [-0.4, -0.2) is 25.3 Å². The Kier molecular flexibility index (Phi) is 4.26. The molecule has 1 aliphatic heterocycles. The van der Waals surface area contributed by atoms with Gasteiger partial charge in [-0.2, -0.15) is 0 Å². The number of fused-ring (bicyclic) bond motifs is 1. The van der Waals surface area contributed by atoms with Crippen molar-refractivity contribution in [3.63, 3.8) is 0 Å². The van der Waals surface area contributed by atoms with E-state index in [1.807, 2.05) is 6.20 Å². The number of hydrogen-bond donors (Lipinski definition) is 0. The van der Waals surface area contributed by atoms with Gasteiger partial charge in [0.2, 0.25) is 0 Å². The third-order valence-corrected chi connectivity index (χ3v) is 4.37. The van der Waals surface area contributed by atoms with Gasteiger partial charge in [-0.3, -0.25) is 4.98 Å². The molecule has 2 unspecified atom stereocenters. The highest BCUT2D eigenvalue weighted by molar-refractivity contribution is 5.39. The molecule has 0 saturated carbocycles. The summed E-state index contributed by atoms with van der Waals surface area (Å²) in [6.07, 6.45) is 2.88. The minimum atomic E-state index is -0.197. The van der Waals surface area contributed by atoms with Crippen molar-refractivity contribution in [2.75, 3.05) is 20.3 Å². The highest BCUT2D eigenvalue weighted by Crippen LogP contribution is 2.45. The largest absolute Gasteiger partial charge is 0.384 e. The second-order valence-corrected chi connectivity index (χ2v) is 5.75. The zero-order valence-corrected chi connectivity index (χ0v) is 12.7. The van der Waals surface area contributed by atoms with Crippen molar-refractivity contribution in [1.29, 1.82) is 0 Å². The van der Waals surface area contributed by atoms with Gasteiger partial charge < -0.3 is 9.47 Å². The molecule has 0 bridgehead atoms. The molecule has 2 heterocycles. The maximum absolute atomic E-state index is 6.33. The molecule has 0 saturated heterocycles. The molecule has 106 valence electrons. The minimum Gasteiger partial charge on any atom is -0.384 e. The van der Waals surface area contributed by atoms with E-state index in [0.29, 0.717) is 19.1 Å².